The summed E-state index contributed by atoms with van der Waals surface area (Å²) in [4.78, 5) is 72.4. The molecular formula is C43H46ClN7O5. The Labute approximate surface area is 331 Å². The maximum Gasteiger partial charge on any atom is 0.262 e. The van der Waals surface area contributed by atoms with Crippen molar-refractivity contribution in [2.24, 2.45) is 10.8 Å². The van der Waals surface area contributed by atoms with Gasteiger partial charge in [0.15, 0.2) is 0 Å². The molecule has 1 saturated carbocycles. The molecule has 3 aromatic carbocycles. The van der Waals surface area contributed by atoms with Crippen LogP contribution in [0.3, 0.4) is 0 Å². The number of hydrogen-bond donors (Lipinski definition) is 2. The second-order valence-electron chi connectivity index (χ2n) is 17.1. The van der Waals surface area contributed by atoms with Gasteiger partial charge in [0.2, 0.25) is 11.8 Å². The molecule has 56 heavy (non-hydrogen) atoms. The number of carbonyl (C=O) groups excluding carboxylic acids is 5. The van der Waals surface area contributed by atoms with Gasteiger partial charge in [-0.1, -0.05) is 39.3 Å². The molecule has 3 aromatic rings. The van der Waals surface area contributed by atoms with Gasteiger partial charge in [0.25, 0.3) is 17.7 Å². The van der Waals surface area contributed by atoms with Crippen LogP contribution in [0.5, 0.6) is 0 Å². The van der Waals surface area contributed by atoms with E-state index in [-0.39, 0.29) is 41.7 Å². The molecule has 8 rings (SSSR count). The third-order valence-electron chi connectivity index (χ3n) is 13.0. The predicted molar refractivity (Wildman–Crippen MR) is 211 cm³/mol. The minimum absolute atomic E-state index is 0.0752. The van der Waals surface area contributed by atoms with E-state index in [9.17, 15) is 29.2 Å². The number of piperidine rings is 2. The summed E-state index contributed by atoms with van der Waals surface area (Å²) in [5, 5.41) is 15.3. The Hall–Kier alpha value is -5.25. The standard InChI is InChI=1S/C43H46ClN7O5/c1-42(2)40(43(3,4)41(42)48(5)30-11-8-25(21-45)33(44)20-30)47-36(53)24-6-9-28(10-7-24)49-16-14-29(15-17-49)50-22-26-18-31-32(19-27(26)23-50)39(56)51(38(31)55)34-12-13-35(52)46-37(34)54/h6-11,18-20,29,34,40-41H,12-17,22-23H2,1-5H3,(H,47,53)(H,46,52,54). The Kier molecular flexibility index (Phi) is 9.24. The molecule has 3 fully saturated rings. The first-order valence-corrected chi connectivity index (χ1v) is 19.7. The summed E-state index contributed by atoms with van der Waals surface area (Å²) in [7, 11) is 2.04. The molecule has 5 aliphatic rings. The monoisotopic (exact) mass is 775 g/mol. The van der Waals surface area contributed by atoms with Gasteiger partial charge in [-0.25, -0.2) is 0 Å². The van der Waals surface area contributed by atoms with Crippen molar-refractivity contribution >= 4 is 52.5 Å². The molecular weight excluding hydrogens is 730 g/mol. The third-order valence-corrected chi connectivity index (χ3v) is 13.3. The fraction of sp³-hybridized carbons (Fsp3) is 0.442. The number of anilines is 2. The highest BCUT2D eigenvalue weighted by Crippen LogP contribution is 2.57. The van der Waals surface area contributed by atoms with Crippen molar-refractivity contribution in [1.29, 1.82) is 5.26 Å². The number of nitrogens with zero attached hydrogens (tertiary/aromatic N) is 5. The zero-order valence-electron chi connectivity index (χ0n) is 32.3. The number of hydrogen-bond acceptors (Lipinski definition) is 9. The fourth-order valence-electron chi connectivity index (χ4n) is 10.7. The van der Waals surface area contributed by atoms with Crippen LogP contribution in [-0.2, 0) is 22.7 Å². The molecule has 0 radical (unpaired) electrons. The maximum atomic E-state index is 13.6. The number of imide groups is 2. The van der Waals surface area contributed by atoms with Crippen LogP contribution in [0.1, 0.15) is 101 Å². The molecule has 0 bridgehead atoms. The first kappa shape index (κ1) is 37.7. The van der Waals surface area contributed by atoms with Gasteiger partial charge in [0, 0.05) is 85.5 Å². The fourth-order valence-corrected chi connectivity index (χ4v) is 10.9. The van der Waals surface area contributed by atoms with Gasteiger partial charge in [-0.2, -0.15) is 5.26 Å². The van der Waals surface area contributed by atoms with Crippen LogP contribution in [0.2, 0.25) is 5.02 Å². The first-order valence-electron chi connectivity index (χ1n) is 19.3. The minimum Gasteiger partial charge on any atom is -0.371 e. The lowest BCUT2D eigenvalue weighted by Gasteiger charge is -2.67. The van der Waals surface area contributed by atoms with Crippen LogP contribution in [0.25, 0.3) is 0 Å². The van der Waals surface area contributed by atoms with E-state index in [0.717, 1.165) is 53.3 Å². The molecule has 12 nitrogen and oxygen atoms in total. The molecule has 2 N–H and O–H groups in total. The van der Waals surface area contributed by atoms with Crippen molar-refractivity contribution in [3.63, 3.8) is 0 Å². The lowest BCUT2D eigenvalue weighted by atomic mass is 9.47. The van der Waals surface area contributed by atoms with Gasteiger partial charge >= 0.3 is 0 Å². The number of carbonyl (C=O) groups is 5. The zero-order valence-corrected chi connectivity index (χ0v) is 33.1. The minimum atomic E-state index is -0.971. The van der Waals surface area contributed by atoms with Crippen LogP contribution in [-0.4, -0.2) is 83.6 Å². The SMILES string of the molecule is CN(c1ccc(C#N)c(Cl)c1)C1C(C)(C)C(NC(=O)c2ccc(N3CCC(N4Cc5cc6c(cc5C4)C(=O)N(C4CCC(=O)NC4=O)C6=O)CC3)cc2)C1(C)C. The van der Waals surface area contributed by atoms with E-state index < -0.39 is 29.7 Å². The number of rotatable bonds is 7. The molecule has 0 aromatic heterocycles. The highest BCUT2D eigenvalue weighted by atomic mass is 35.5. The van der Waals surface area contributed by atoms with Crippen molar-refractivity contribution in [1.82, 2.24) is 20.4 Å². The van der Waals surface area contributed by atoms with E-state index in [1.54, 1.807) is 6.07 Å². The van der Waals surface area contributed by atoms with Gasteiger partial charge in [-0.3, -0.25) is 39.1 Å². The van der Waals surface area contributed by atoms with Crippen LogP contribution < -0.4 is 20.4 Å². The Morgan fingerprint density at radius 3 is 2.05 bits per heavy atom. The lowest BCUT2D eigenvalue weighted by Crippen LogP contribution is -2.77. The summed E-state index contributed by atoms with van der Waals surface area (Å²) in [5.74, 6) is -2.05. The van der Waals surface area contributed by atoms with E-state index in [1.165, 1.54) is 0 Å². The summed E-state index contributed by atoms with van der Waals surface area (Å²) in [6.45, 7) is 11.8. The van der Waals surface area contributed by atoms with Gasteiger partial charge in [-0.15, -0.1) is 0 Å². The Morgan fingerprint density at radius 2 is 1.50 bits per heavy atom. The van der Waals surface area contributed by atoms with Crippen molar-refractivity contribution in [2.75, 3.05) is 29.9 Å². The van der Waals surface area contributed by atoms with Crippen LogP contribution in [0.15, 0.2) is 54.6 Å². The average molecular weight is 776 g/mol. The zero-order chi connectivity index (χ0) is 39.8. The average Bonchev–Trinajstić information content (AvgIpc) is 3.69. The lowest BCUT2D eigenvalue weighted by molar-refractivity contribution is -0.136. The largest absolute Gasteiger partial charge is 0.371 e. The first-order chi connectivity index (χ1) is 26.6. The molecule has 5 amide bonds. The molecule has 13 heteroatoms. The van der Waals surface area contributed by atoms with Crippen molar-refractivity contribution in [2.45, 2.75) is 90.6 Å². The molecule has 4 heterocycles. The number of amides is 5. The summed E-state index contributed by atoms with van der Waals surface area (Å²) in [6.07, 6.45) is 2.13. The molecule has 1 unspecified atom stereocenters. The second-order valence-corrected chi connectivity index (χ2v) is 17.5. The molecule has 1 aliphatic carbocycles. The number of nitrogens with one attached hydrogen (secondary N) is 2. The highest BCUT2D eigenvalue weighted by Gasteiger charge is 2.63. The normalized spacial score (nSPS) is 24.3. The van der Waals surface area contributed by atoms with Crippen LogP contribution in [0, 0.1) is 22.2 Å². The van der Waals surface area contributed by atoms with E-state index in [4.69, 9.17) is 11.6 Å². The second kappa shape index (κ2) is 13.7. The maximum absolute atomic E-state index is 13.6. The van der Waals surface area contributed by atoms with Crippen LogP contribution >= 0.6 is 11.6 Å². The summed E-state index contributed by atoms with van der Waals surface area (Å²) < 4.78 is 0. The molecule has 4 aliphatic heterocycles. The van der Waals surface area contributed by atoms with Gasteiger partial charge in [-0.05, 0) is 85.0 Å². The van der Waals surface area contributed by atoms with Gasteiger partial charge < -0.3 is 15.1 Å². The predicted octanol–water partition coefficient (Wildman–Crippen LogP) is 5.27. The molecule has 2 saturated heterocycles. The van der Waals surface area contributed by atoms with Crippen molar-refractivity contribution < 1.29 is 24.0 Å². The number of fused-ring (bicyclic) bond motifs is 2. The number of nitriles is 1. The molecule has 290 valence electrons. The smallest absolute Gasteiger partial charge is 0.262 e. The third kappa shape index (κ3) is 6.12. The van der Waals surface area contributed by atoms with Crippen molar-refractivity contribution in [3.05, 3.63) is 93.0 Å². The quantitative estimate of drug-likeness (QED) is 0.307. The number of halogens is 1. The van der Waals surface area contributed by atoms with Crippen LogP contribution in [0.4, 0.5) is 11.4 Å². The van der Waals surface area contributed by atoms with Gasteiger partial charge in [0.1, 0.15) is 12.1 Å². The Morgan fingerprint density at radius 1 is 0.893 bits per heavy atom. The molecule has 1 atom stereocenters. The van der Waals surface area contributed by atoms with E-state index in [1.807, 2.05) is 55.6 Å². The Balaban J connectivity index is 0.854. The topological polar surface area (TPSA) is 146 Å². The van der Waals surface area contributed by atoms with E-state index in [0.29, 0.717) is 46.4 Å². The highest BCUT2D eigenvalue weighted by molar-refractivity contribution is 6.32. The van der Waals surface area contributed by atoms with Crippen molar-refractivity contribution in [3.8, 4) is 6.07 Å². The summed E-state index contributed by atoms with van der Waals surface area (Å²) in [6, 6.07) is 18.5. The number of benzene rings is 3. The van der Waals surface area contributed by atoms with E-state index in [2.05, 4.69) is 59.1 Å². The van der Waals surface area contributed by atoms with E-state index >= 15 is 0 Å². The summed E-state index contributed by atoms with van der Waals surface area (Å²) >= 11 is 6.36. The Bertz CT molecular complexity index is 2160. The summed E-state index contributed by atoms with van der Waals surface area (Å²) in [5.41, 5.74) is 5.28. The van der Waals surface area contributed by atoms with Gasteiger partial charge in [0.05, 0.1) is 21.7 Å². The molecule has 0 spiro atoms.